The molecule has 0 spiro atoms. The molecule has 2 aromatic rings. The molecule has 96 valence electrons. The van der Waals surface area contributed by atoms with Crippen LogP contribution in [0.1, 0.15) is 20.8 Å². The zero-order valence-corrected chi connectivity index (χ0v) is 11.7. The van der Waals surface area contributed by atoms with Crippen LogP contribution in [-0.4, -0.2) is 19.3 Å². The predicted octanol–water partition coefficient (Wildman–Crippen LogP) is 2.06. The molecule has 0 bridgehead atoms. The number of nitrogens with one attached hydrogen (secondary N) is 1. The Morgan fingerprint density at radius 3 is 2.61 bits per heavy atom. The molecule has 18 heavy (non-hydrogen) atoms. The Morgan fingerprint density at radius 1 is 1.39 bits per heavy atom. The van der Waals surface area contributed by atoms with Gasteiger partial charge in [0, 0.05) is 30.4 Å². The summed E-state index contributed by atoms with van der Waals surface area (Å²) in [5.41, 5.74) is 0.503. The Bertz CT molecular complexity index is 687. The molecule has 0 aromatic carbocycles. The van der Waals surface area contributed by atoms with Crippen molar-refractivity contribution >= 4 is 12.2 Å². The average Bonchev–Trinajstić information content (AvgIpc) is 2.64. The van der Waals surface area contributed by atoms with Gasteiger partial charge in [0.15, 0.2) is 10.6 Å². The maximum absolute atomic E-state index is 11.7. The molecule has 0 fully saturated rings. The first-order valence-corrected chi connectivity index (χ1v) is 6.06. The SMILES string of the molecule is Cn1ccc(-c2n[nH]c(=S)n2C(C)(C)C)cc1=O. The molecular weight excluding hydrogens is 248 g/mol. The third-order valence-corrected chi connectivity index (χ3v) is 2.98. The summed E-state index contributed by atoms with van der Waals surface area (Å²) in [6.07, 6.45) is 1.72. The number of aryl methyl sites for hydroxylation is 1. The van der Waals surface area contributed by atoms with E-state index in [4.69, 9.17) is 12.2 Å². The van der Waals surface area contributed by atoms with Gasteiger partial charge in [-0.15, -0.1) is 0 Å². The van der Waals surface area contributed by atoms with Gasteiger partial charge in [-0.1, -0.05) is 0 Å². The highest BCUT2D eigenvalue weighted by Crippen LogP contribution is 2.23. The van der Waals surface area contributed by atoms with E-state index in [0.29, 0.717) is 10.6 Å². The molecule has 0 aliphatic carbocycles. The highest BCUT2D eigenvalue weighted by atomic mass is 32.1. The molecule has 0 aliphatic heterocycles. The second-order valence-corrected chi connectivity index (χ2v) is 5.61. The van der Waals surface area contributed by atoms with Crippen molar-refractivity contribution in [3.8, 4) is 11.4 Å². The molecule has 1 N–H and O–H groups in total. The van der Waals surface area contributed by atoms with Crippen LogP contribution in [0.2, 0.25) is 0 Å². The molecule has 0 saturated heterocycles. The fraction of sp³-hybridized carbons (Fsp3) is 0.417. The molecule has 2 heterocycles. The zero-order valence-electron chi connectivity index (χ0n) is 10.9. The van der Waals surface area contributed by atoms with E-state index in [1.807, 2.05) is 31.4 Å². The third-order valence-electron chi connectivity index (χ3n) is 2.71. The number of hydrogen-bond acceptors (Lipinski definition) is 3. The zero-order chi connectivity index (χ0) is 13.5. The molecule has 0 unspecified atom stereocenters. The van der Waals surface area contributed by atoms with E-state index >= 15 is 0 Å². The molecule has 0 radical (unpaired) electrons. The van der Waals surface area contributed by atoms with Crippen molar-refractivity contribution in [3.63, 3.8) is 0 Å². The number of pyridine rings is 1. The van der Waals surface area contributed by atoms with Crippen molar-refractivity contribution in [3.05, 3.63) is 33.5 Å². The fourth-order valence-electron chi connectivity index (χ4n) is 1.80. The minimum Gasteiger partial charge on any atom is -0.319 e. The van der Waals surface area contributed by atoms with Gasteiger partial charge in [0.2, 0.25) is 0 Å². The van der Waals surface area contributed by atoms with E-state index in [0.717, 1.165) is 5.56 Å². The van der Waals surface area contributed by atoms with E-state index in [1.165, 1.54) is 4.57 Å². The van der Waals surface area contributed by atoms with Crippen LogP contribution in [0.5, 0.6) is 0 Å². The van der Waals surface area contributed by atoms with Crippen LogP contribution in [0.15, 0.2) is 23.1 Å². The predicted molar refractivity (Wildman–Crippen MR) is 73.1 cm³/mol. The summed E-state index contributed by atoms with van der Waals surface area (Å²) >= 11 is 5.24. The third kappa shape index (κ3) is 2.15. The fourth-order valence-corrected chi connectivity index (χ4v) is 2.21. The summed E-state index contributed by atoms with van der Waals surface area (Å²) in [6, 6.07) is 3.42. The summed E-state index contributed by atoms with van der Waals surface area (Å²) in [6.45, 7) is 6.13. The number of hydrogen-bond donors (Lipinski definition) is 1. The molecule has 0 amide bonds. The standard InChI is InChI=1S/C12H16N4OS/c1-12(2,3)16-10(13-14-11(16)18)8-5-6-15(4)9(17)7-8/h5-7H,1-4H3,(H,14,18). The van der Waals surface area contributed by atoms with Crippen molar-refractivity contribution < 1.29 is 0 Å². The molecule has 2 aromatic heterocycles. The van der Waals surface area contributed by atoms with Gasteiger partial charge in [-0.2, -0.15) is 5.10 Å². The first kappa shape index (κ1) is 12.8. The summed E-state index contributed by atoms with van der Waals surface area (Å²) in [5.74, 6) is 0.685. The van der Waals surface area contributed by atoms with Crippen LogP contribution < -0.4 is 5.56 Å². The summed E-state index contributed by atoms with van der Waals surface area (Å²) in [4.78, 5) is 11.7. The number of aromatic nitrogens is 4. The lowest BCUT2D eigenvalue weighted by Gasteiger charge is -2.22. The van der Waals surface area contributed by atoms with Crippen molar-refractivity contribution in [2.24, 2.45) is 7.05 Å². The van der Waals surface area contributed by atoms with Gasteiger partial charge in [0.25, 0.3) is 5.56 Å². The van der Waals surface area contributed by atoms with E-state index in [9.17, 15) is 4.79 Å². The molecule has 0 saturated carbocycles. The molecule has 0 aliphatic rings. The van der Waals surface area contributed by atoms with Gasteiger partial charge < -0.3 is 4.57 Å². The largest absolute Gasteiger partial charge is 0.319 e. The maximum atomic E-state index is 11.7. The molecular formula is C12H16N4OS. The topological polar surface area (TPSA) is 55.6 Å². The van der Waals surface area contributed by atoms with Gasteiger partial charge in [0.1, 0.15) is 0 Å². The monoisotopic (exact) mass is 264 g/mol. The van der Waals surface area contributed by atoms with Crippen LogP contribution >= 0.6 is 12.2 Å². The lowest BCUT2D eigenvalue weighted by Crippen LogP contribution is -2.23. The Kier molecular flexibility index (Phi) is 2.98. The van der Waals surface area contributed by atoms with Crippen LogP contribution in [0.3, 0.4) is 0 Å². The van der Waals surface area contributed by atoms with Crippen molar-refractivity contribution in [1.82, 2.24) is 19.3 Å². The maximum Gasteiger partial charge on any atom is 0.250 e. The normalized spacial score (nSPS) is 11.8. The van der Waals surface area contributed by atoms with Crippen molar-refractivity contribution in [2.45, 2.75) is 26.3 Å². The van der Waals surface area contributed by atoms with Gasteiger partial charge in [-0.25, -0.2) is 0 Å². The van der Waals surface area contributed by atoms with E-state index in [-0.39, 0.29) is 11.1 Å². The van der Waals surface area contributed by atoms with Crippen molar-refractivity contribution in [1.29, 1.82) is 0 Å². The number of H-pyrrole nitrogens is 1. The highest BCUT2D eigenvalue weighted by molar-refractivity contribution is 7.71. The van der Waals surface area contributed by atoms with Crippen LogP contribution in [0.25, 0.3) is 11.4 Å². The number of nitrogens with zero attached hydrogens (tertiary/aromatic N) is 3. The van der Waals surface area contributed by atoms with Gasteiger partial charge >= 0.3 is 0 Å². The molecule has 5 nitrogen and oxygen atoms in total. The lowest BCUT2D eigenvalue weighted by molar-refractivity contribution is 0.395. The highest BCUT2D eigenvalue weighted by Gasteiger charge is 2.20. The van der Waals surface area contributed by atoms with E-state index in [1.54, 1.807) is 19.3 Å². The average molecular weight is 264 g/mol. The lowest BCUT2D eigenvalue weighted by atomic mass is 10.1. The Morgan fingerprint density at radius 2 is 2.06 bits per heavy atom. The summed E-state index contributed by atoms with van der Waals surface area (Å²) in [7, 11) is 1.72. The van der Waals surface area contributed by atoms with Crippen LogP contribution in [0, 0.1) is 4.77 Å². The van der Waals surface area contributed by atoms with Gasteiger partial charge in [0.05, 0.1) is 0 Å². The first-order chi connectivity index (χ1) is 8.30. The molecule has 2 rings (SSSR count). The van der Waals surface area contributed by atoms with Gasteiger partial charge in [-0.3, -0.25) is 14.5 Å². The van der Waals surface area contributed by atoms with Gasteiger partial charge in [-0.05, 0) is 39.1 Å². The van der Waals surface area contributed by atoms with Crippen LogP contribution in [0.4, 0.5) is 0 Å². The Balaban J connectivity index is 2.69. The van der Waals surface area contributed by atoms with E-state index < -0.39 is 0 Å². The minimum absolute atomic E-state index is 0.0677. The Labute approximate surface area is 110 Å². The molecule has 0 atom stereocenters. The molecule has 6 heteroatoms. The summed E-state index contributed by atoms with van der Waals surface area (Å²) in [5, 5.41) is 7.00. The van der Waals surface area contributed by atoms with Crippen LogP contribution in [-0.2, 0) is 12.6 Å². The quantitative estimate of drug-likeness (QED) is 0.802. The second kappa shape index (κ2) is 4.20. The summed E-state index contributed by atoms with van der Waals surface area (Å²) < 4.78 is 3.99. The first-order valence-electron chi connectivity index (χ1n) is 5.65. The van der Waals surface area contributed by atoms with Crippen molar-refractivity contribution in [2.75, 3.05) is 0 Å². The number of aromatic amines is 1. The smallest absolute Gasteiger partial charge is 0.250 e. The van der Waals surface area contributed by atoms with E-state index in [2.05, 4.69) is 10.2 Å². The second-order valence-electron chi connectivity index (χ2n) is 5.22. The number of rotatable bonds is 1. The Hall–Kier alpha value is -1.69. The minimum atomic E-state index is -0.194.